The average molecular weight is 457 g/mol. The summed E-state index contributed by atoms with van der Waals surface area (Å²) in [6.45, 7) is 2.61. The van der Waals surface area contributed by atoms with E-state index < -0.39 is 0 Å². The van der Waals surface area contributed by atoms with Gasteiger partial charge in [-0.1, -0.05) is 18.9 Å². The van der Waals surface area contributed by atoms with Crippen LogP contribution < -0.4 is 21.1 Å². The summed E-state index contributed by atoms with van der Waals surface area (Å²) in [6, 6.07) is 8.76. The lowest BCUT2D eigenvalue weighted by atomic mass is 10.1. The number of benzene rings is 1. The number of rotatable bonds is 10. The summed E-state index contributed by atoms with van der Waals surface area (Å²) < 4.78 is 5.91. The van der Waals surface area contributed by atoms with Gasteiger partial charge < -0.3 is 21.1 Å². The molecule has 0 fully saturated rings. The third kappa shape index (κ3) is 8.98. The van der Waals surface area contributed by atoms with Crippen LogP contribution in [0, 0.1) is 6.92 Å². The normalized spacial score (nSPS) is 9.70. The first-order valence-electron chi connectivity index (χ1n) is 9.50. The number of nitrogens with one attached hydrogen (secondary N) is 2. The zero-order chi connectivity index (χ0) is 20.4. The van der Waals surface area contributed by atoms with Crippen molar-refractivity contribution in [1.82, 2.24) is 10.3 Å². The van der Waals surface area contributed by atoms with Gasteiger partial charge in [0.05, 0.1) is 0 Å². The van der Waals surface area contributed by atoms with Gasteiger partial charge in [0.2, 0.25) is 5.91 Å². The van der Waals surface area contributed by atoms with Crippen LogP contribution in [0.15, 0.2) is 36.5 Å². The molecule has 0 radical (unpaired) electrons. The first kappa shape index (κ1) is 27.6. The highest BCUT2D eigenvalue weighted by Gasteiger charge is 2.09. The molecule has 0 unspecified atom stereocenters. The van der Waals surface area contributed by atoms with Gasteiger partial charge in [-0.2, -0.15) is 0 Å². The van der Waals surface area contributed by atoms with Crippen molar-refractivity contribution in [3.8, 4) is 11.5 Å². The molecule has 1 aromatic heterocycles. The Bertz CT molecular complexity index is 819. The molecule has 0 spiro atoms. The second-order valence-corrected chi connectivity index (χ2v) is 6.54. The molecule has 2 amide bonds. The molecule has 1 aromatic carbocycles. The number of carbonyl (C=O) groups excluding carboxylic acids is 2. The van der Waals surface area contributed by atoms with Crippen LogP contribution in [0.4, 0.5) is 5.69 Å². The van der Waals surface area contributed by atoms with Crippen molar-refractivity contribution in [3.63, 3.8) is 0 Å². The van der Waals surface area contributed by atoms with E-state index in [1.807, 2.05) is 19.1 Å². The van der Waals surface area contributed by atoms with Crippen LogP contribution in [0.25, 0.3) is 0 Å². The Kier molecular flexibility index (Phi) is 13.5. The van der Waals surface area contributed by atoms with E-state index in [9.17, 15) is 9.59 Å². The standard InChI is InChI=1S/C21H28N4O3.2ClH/c1-15-8-9-16(25-20(26)7-5-3-4-6-11-22)13-19(15)28-17-10-12-24-18(14-17)21(27)23-2;;/h8-10,12-14H,3-7,11,22H2,1-2H3,(H,23,27)(H,25,26);2*1H. The number of anilines is 1. The van der Waals surface area contributed by atoms with E-state index in [4.69, 9.17) is 10.5 Å². The molecule has 9 heteroatoms. The van der Waals surface area contributed by atoms with Gasteiger partial charge in [-0.25, -0.2) is 0 Å². The highest BCUT2D eigenvalue weighted by Crippen LogP contribution is 2.28. The van der Waals surface area contributed by atoms with E-state index >= 15 is 0 Å². The van der Waals surface area contributed by atoms with E-state index in [0.29, 0.717) is 30.2 Å². The van der Waals surface area contributed by atoms with Crippen molar-refractivity contribution >= 4 is 42.3 Å². The highest BCUT2D eigenvalue weighted by atomic mass is 35.5. The Morgan fingerprint density at radius 1 is 1.07 bits per heavy atom. The summed E-state index contributed by atoms with van der Waals surface area (Å²) in [5.74, 6) is 0.804. The maximum absolute atomic E-state index is 12.1. The number of nitrogens with two attached hydrogens (primary N) is 1. The second kappa shape index (κ2) is 14.6. The number of aromatic nitrogens is 1. The summed E-state index contributed by atoms with van der Waals surface area (Å²) in [5, 5.41) is 5.44. The van der Waals surface area contributed by atoms with Gasteiger partial charge >= 0.3 is 0 Å². The second-order valence-electron chi connectivity index (χ2n) is 6.54. The van der Waals surface area contributed by atoms with Crippen LogP contribution in [0.2, 0.25) is 0 Å². The van der Waals surface area contributed by atoms with E-state index in [1.165, 1.54) is 6.20 Å². The van der Waals surface area contributed by atoms with E-state index in [0.717, 1.165) is 31.2 Å². The number of amides is 2. The summed E-state index contributed by atoms with van der Waals surface area (Å²) in [7, 11) is 1.55. The van der Waals surface area contributed by atoms with Crippen molar-refractivity contribution in [2.24, 2.45) is 5.73 Å². The van der Waals surface area contributed by atoms with Gasteiger partial charge in [-0.15, -0.1) is 24.8 Å². The molecule has 0 bridgehead atoms. The molecule has 0 atom stereocenters. The van der Waals surface area contributed by atoms with Crippen LogP contribution in [0.3, 0.4) is 0 Å². The topological polar surface area (TPSA) is 106 Å². The lowest BCUT2D eigenvalue weighted by Crippen LogP contribution is -2.18. The fraction of sp³-hybridized carbons (Fsp3) is 0.381. The van der Waals surface area contributed by atoms with Crippen molar-refractivity contribution in [2.75, 3.05) is 18.9 Å². The van der Waals surface area contributed by atoms with Gasteiger partial charge in [0.1, 0.15) is 17.2 Å². The highest BCUT2D eigenvalue weighted by molar-refractivity contribution is 5.92. The molecule has 0 aliphatic carbocycles. The fourth-order valence-corrected chi connectivity index (χ4v) is 2.65. The summed E-state index contributed by atoms with van der Waals surface area (Å²) in [6.07, 6.45) is 5.90. The molecule has 0 aliphatic rings. The van der Waals surface area contributed by atoms with Crippen LogP contribution in [0.1, 0.15) is 48.2 Å². The molecule has 0 saturated carbocycles. The number of nitrogens with zero attached hydrogens (tertiary/aromatic N) is 1. The summed E-state index contributed by atoms with van der Waals surface area (Å²) in [5.41, 5.74) is 7.33. The van der Waals surface area contributed by atoms with Crippen molar-refractivity contribution < 1.29 is 14.3 Å². The number of hydrogen-bond acceptors (Lipinski definition) is 5. The zero-order valence-corrected chi connectivity index (χ0v) is 18.9. The van der Waals surface area contributed by atoms with E-state index in [-0.39, 0.29) is 42.3 Å². The lowest BCUT2D eigenvalue weighted by molar-refractivity contribution is -0.116. The quantitative estimate of drug-likeness (QED) is 0.463. The monoisotopic (exact) mass is 456 g/mol. The number of unbranched alkanes of at least 4 members (excludes halogenated alkanes) is 3. The van der Waals surface area contributed by atoms with Gasteiger partial charge in [0.15, 0.2) is 0 Å². The van der Waals surface area contributed by atoms with Crippen molar-refractivity contribution in [1.29, 1.82) is 0 Å². The molecule has 166 valence electrons. The molecule has 2 aromatic rings. The predicted octanol–water partition coefficient (Wildman–Crippen LogP) is 4.23. The first-order valence-corrected chi connectivity index (χ1v) is 9.50. The largest absolute Gasteiger partial charge is 0.457 e. The zero-order valence-electron chi connectivity index (χ0n) is 17.3. The molecule has 0 aliphatic heterocycles. The van der Waals surface area contributed by atoms with E-state index in [1.54, 1.807) is 25.2 Å². The molecular weight excluding hydrogens is 427 g/mol. The number of halogens is 2. The fourth-order valence-electron chi connectivity index (χ4n) is 2.65. The third-order valence-electron chi connectivity index (χ3n) is 4.25. The number of pyridine rings is 1. The Morgan fingerprint density at radius 2 is 1.80 bits per heavy atom. The lowest BCUT2D eigenvalue weighted by Gasteiger charge is -2.12. The van der Waals surface area contributed by atoms with Crippen LogP contribution in [-0.4, -0.2) is 30.4 Å². The molecule has 7 nitrogen and oxygen atoms in total. The van der Waals surface area contributed by atoms with Crippen LogP contribution in [0.5, 0.6) is 11.5 Å². The number of ether oxygens (including phenoxy) is 1. The Balaban J connectivity index is 0.00000420. The summed E-state index contributed by atoms with van der Waals surface area (Å²) >= 11 is 0. The molecule has 0 saturated heterocycles. The van der Waals surface area contributed by atoms with E-state index in [2.05, 4.69) is 15.6 Å². The minimum atomic E-state index is -0.283. The van der Waals surface area contributed by atoms with Gasteiger partial charge in [0, 0.05) is 37.5 Å². The minimum absolute atomic E-state index is 0. The number of carbonyl (C=O) groups is 2. The predicted molar refractivity (Wildman–Crippen MR) is 124 cm³/mol. The number of aryl methyl sites for hydroxylation is 1. The molecule has 30 heavy (non-hydrogen) atoms. The maximum atomic E-state index is 12.1. The molecule has 2 rings (SSSR count). The molecule has 4 N–H and O–H groups in total. The Morgan fingerprint density at radius 3 is 2.50 bits per heavy atom. The van der Waals surface area contributed by atoms with Crippen LogP contribution >= 0.6 is 24.8 Å². The first-order chi connectivity index (χ1) is 13.5. The Hall–Kier alpha value is -2.35. The molecule has 1 heterocycles. The third-order valence-corrected chi connectivity index (χ3v) is 4.25. The smallest absolute Gasteiger partial charge is 0.269 e. The van der Waals surface area contributed by atoms with Gasteiger partial charge in [0.25, 0.3) is 5.91 Å². The Labute approximate surface area is 190 Å². The summed E-state index contributed by atoms with van der Waals surface area (Å²) in [4.78, 5) is 27.9. The SMILES string of the molecule is CNC(=O)c1cc(Oc2cc(NC(=O)CCCCCCN)ccc2C)ccn1.Cl.Cl. The van der Waals surface area contributed by atoms with Crippen molar-refractivity contribution in [2.45, 2.75) is 39.0 Å². The van der Waals surface area contributed by atoms with Gasteiger partial charge in [-0.3, -0.25) is 14.6 Å². The van der Waals surface area contributed by atoms with Crippen LogP contribution in [-0.2, 0) is 4.79 Å². The maximum Gasteiger partial charge on any atom is 0.269 e. The average Bonchev–Trinajstić information content (AvgIpc) is 2.70. The number of hydrogen-bond donors (Lipinski definition) is 3. The van der Waals surface area contributed by atoms with Gasteiger partial charge in [-0.05, 0) is 44.0 Å². The minimum Gasteiger partial charge on any atom is -0.457 e. The van der Waals surface area contributed by atoms with Crippen molar-refractivity contribution in [3.05, 3.63) is 47.8 Å². The molecular formula is C21H30Cl2N4O3.